The van der Waals surface area contributed by atoms with E-state index in [0.717, 1.165) is 18.0 Å². The zero-order chi connectivity index (χ0) is 10.6. The van der Waals surface area contributed by atoms with E-state index in [9.17, 15) is 4.39 Å². The Bertz CT molecular complexity index is 415. The fourth-order valence-electron chi connectivity index (χ4n) is 3.08. The number of benzene rings is 1. The van der Waals surface area contributed by atoms with Crippen LogP contribution in [0.4, 0.5) is 4.39 Å². The molecule has 80 valence electrons. The molecular weight excluding hydrogens is 189 g/mol. The van der Waals surface area contributed by atoms with Gasteiger partial charge in [-0.15, -0.1) is 0 Å². The third-order valence-electron chi connectivity index (χ3n) is 4.06. The summed E-state index contributed by atoms with van der Waals surface area (Å²) in [6.07, 6.45) is 1.25. The summed E-state index contributed by atoms with van der Waals surface area (Å²) >= 11 is 0. The number of rotatable bonds is 1. The quantitative estimate of drug-likeness (QED) is 0.680. The molecule has 1 aromatic carbocycles. The molecule has 0 N–H and O–H groups in total. The Balaban J connectivity index is 1.97. The summed E-state index contributed by atoms with van der Waals surface area (Å²) in [6.45, 7) is 4.09. The summed E-state index contributed by atoms with van der Waals surface area (Å²) < 4.78 is 13.5. The molecule has 0 radical (unpaired) electrons. The Morgan fingerprint density at radius 3 is 2.87 bits per heavy atom. The standard InChI is InChI=1S/C13H16FN/c1-9-3-4-10(5-12(9)14)13-6-11(13)7-15(2)8-13/h3-5,11H,6-8H2,1-2H3/t11-,13-/m1/s1. The second-order valence-electron chi connectivity index (χ2n) is 5.22. The van der Waals surface area contributed by atoms with Crippen LogP contribution in [0.1, 0.15) is 17.5 Å². The first kappa shape index (κ1) is 9.34. The molecule has 1 aliphatic heterocycles. The predicted molar refractivity (Wildman–Crippen MR) is 58.4 cm³/mol. The SMILES string of the molecule is Cc1ccc([C@]23C[C@@H]2CN(C)C3)cc1F. The van der Waals surface area contributed by atoms with E-state index in [-0.39, 0.29) is 5.82 Å². The minimum atomic E-state index is -0.0536. The van der Waals surface area contributed by atoms with Crippen molar-refractivity contribution in [1.29, 1.82) is 0 Å². The topological polar surface area (TPSA) is 3.24 Å². The van der Waals surface area contributed by atoms with E-state index in [1.165, 1.54) is 18.5 Å². The van der Waals surface area contributed by atoms with Gasteiger partial charge < -0.3 is 4.90 Å². The lowest BCUT2D eigenvalue weighted by molar-refractivity contribution is 0.363. The summed E-state index contributed by atoms with van der Waals surface area (Å²) in [5.41, 5.74) is 2.25. The van der Waals surface area contributed by atoms with Crippen LogP contribution in [0.25, 0.3) is 0 Å². The summed E-state index contributed by atoms with van der Waals surface area (Å²) in [5, 5.41) is 0. The maximum atomic E-state index is 13.5. The number of likely N-dealkylation sites (tertiary alicyclic amines) is 1. The Kier molecular flexibility index (Phi) is 1.76. The molecule has 2 fully saturated rings. The molecule has 15 heavy (non-hydrogen) atoms. The van der Waals surface area contributed by atoms with Gasteiger partial charge in [-0.2, -0.15) is 0 Å². The molecule has 2 heteroatoms. The third-order valence-corrected chi connectivity index (χ3v) is 4.06. The molecule has 1 nitrogen and oxygen atoms in total. The molecule has 0 spiro atoms. The smallest absolute Gasteiger partial charge is 0.126 e. The van der Waals surface area contributed by atoms with Gasteiger partial charge in [0.25, 0.3) is 0 Å². The lowest BCUT2D eigenvalue weighted by Crippen LogP contribution is -2.22. The van der Waals surface area contributed by atoms with Crippen LogP contribution in [0.15, 0.2) is 18.2 Å². The van der Waals surface area contributed by atoms with Crippen molar-refractivity contribution in [2.24, 2.45) is 5.92 Å². The highest BCUT2D eigenvalue weighted by Gasteiger charge is 2.59. The molecule has 0 aromatic heterocycles. The number of piperidine rings is 1. The van der Waals surface area contributed by atoms with Crippen LogP contribution in [-0.2, 0) is 5.41 Å². The molecule has 0 unspecified atom stereocenters. The van der Waals surface area contributed by atoms with Crippen molar-refractivity contribution < 1.29 is 4.39 Å². The van der Waals surface area contributed by atoms with Gasteiger partial charge in [-0.05, 0) is 43.5 Å². The molecule has 1 saturated carbocycles. The van der Waals surface area contributed by atoms with Gasteiger partial charge in [-0.3, -0.25) is 0 Å². The van der Waals surface area contributed by atoms with Crippen molar-refractivity contribution in [3.05, 3.63) is 35.1 Å². The highest BCUT2D eigenvalue weighted by Crippen LogP contribution is 2.58. The minimum Gasteiger partial charge on any atom is -0.305 e. The van der Waals surface area contributed by atoms with Crippen LogP contribution >= 0.6 is 0 Å². The van der Waals surface area contributed by atoms with Crippen LogP contribution < -0.4 is 0 Å². The van der Waals surface area contributed by atoms with Crippen LogP contribution in [0.5, 0.6) is 0 Å². The van der Waals surface area contributed by atoms with Gasteiger partial charge in [-0.1, -0.05) is 12.1 Å². The Hall–Kier alpha value is -0.890. The molecule has 1 aromatic rings. The zero-order valence-corrected chi connectivity index (χ0v) is 9.26. The molecule has 3 rings (SSSR count). The van der Waals surface area contributed by atoms with Gasteiger partial charge >= 0.3 is 0 Å². The highest BCUT2D eigenvalue weighted by atomic mass is 19.1. The first-order chi connectivity index (χ1) is 7.12. The third kappa shape index (κ3) is 1.24. The summed E-state index contributed by atoms with van der Waals surface area (Å²) in [4.78, 5) is 2.35. The zero-order valence-electron chi connectivity index (χ0n) is 9.26. The number of aryl methyl sites for hydroxylation is 1. The molecule has 2 atom stereocenters. The van der Waals surface area contributed by atoms with E-state index < -0.39 is 0 Å². The van der Waals surface area contributed by atoms with E-state index in [2.05, 4.69) is 18.0 Å². The van der Waals surface area contributed by atoms with Gasteiger partial charge in [0.2, 0.25) is 0 Å². The number of hydrogen-bond acceptors (Lipinski definition) is 1. The van der Waals surface area contributed by atoms with E-state index in [1.54, 1.807) is 6.07 Å². The molecule has 1 saturated heterocycles. The van der Waals surface area contributed by atoms with Gasteiger partial charge in [0, 0.05) is 18.5 Å². The van der Waals surface area contributed by atoms with Crippen LogP contribution in [0.2, 0.25) is 0 Å². The Morgan fingerprint density at radius 2 is 2.27 bits per heavy atom. The van der Waals surface area contributed by atoms with Crippen LogP contribution in [0.3, 0.4) is 0 Å². The molecule has 0 amide bonds. The summed E-state index contributed by atoms with van der Waals surface area (Å²) in [6, 6.07) is 5.76. The fraction of sp³-hybridized carbons (Fsp3) is 0.538. The molecule has 2 aliphatic rings. The minimum absolute atomic E-state index is 0.0536. The molecule has 1 heterocycles. The Labute approximate surface area is 89.9 Å². The monoisotopic (exact) mass is 205 g/mol. The van der Waals surface area contributed by atoms with Crippen molar-refractivity contribution in [1.82, 2.24) is 4.90 Å². The maximum absolute atomic E-state index is 13.5. The number of likely N-dealkylation sites (N-methyl/N-ethyl adjacent to an activating group) is 1. The summed E-state index contributed by atoms with van der Waals surface area (Å²) in [5.74, 6) is 0.715. The second kappa shape index (κ2) is 2.82. The molecular formula is C13H16FN. The van der Waals surface area contributed by atoms with Crippen molar-refractivity contribution in [2.45, 2.75) is 18.8 Å². The fourth-order valence-corrected chi connectivity index (χ4v) is 3.08. The first-order valence-corrected chi connectivity index (χ1v) is 5.57. The first-order valence-electron chi connectivity index (χ1n) is 5.57. The van der Waals surface area contributed by atoms with Gasteiger partial charge in [0.15, 0.2) is 0 Å². The average Bonchev–Trinajstić information content (AvgIpc) is 2.75. The predicted octanol–water partition coefficient (Wildman–Crippen LogP) is 2.34. The van der Waals surface area contributed by atoms with Crippen molar-refractivity contribution in [3.63, 3.8) is 0 Å². The van der Waals surface area contributed by atoms with Crippen molar-refractivity contribution in [2.75, 3.05) is 20.1 Å². The Morgan fingerprint density at radius 1 is 1.47 bits per heavy atom. The maximum Gasteiger partial charge on any atom is 0.126 e. The normalized spacial score (nSPS) is 34.2. The van der Waals surface area contributed by atoms with E-state index >= 15 is 0 Å². The lowest BCUT2D eigenvalue weighted by Gasteiger charge is -2.16. The van der Waals surface area contributed by atoms with E-state index in [1.807, 2.05) is 13.0 Å². The number of nitrogens with zero attached hydrogens (tertiary/aromatic N) is 1. The number of halogens is 1. The van der Waals surface area contributed by atoms with Crippen molar-refractivity contribution in [3.8, 4) is 0 Å². The molecule has 0 bridgehead atoms. The van der Waals surface area contributed by atoms with E-state index in [4.69, 9.17) is 0 Å². The van der Waals surface area contributed by atoms with Gasteiger partial charge in [-0.25, -0.2) is 4.39 Å². The highest BCUT2D eigenvalue weighted by molar-refractivity contribution is 5.38. The largest absolute Gasteiger partial charge is 0.305 e. The second-order valence-corrected chi connectivity index (χ2v) is 5.22. The van der Waals surface area contributed by atoms with E-state index in [0.29, 0.717) is 5.41 Å². The number of hydrogen-bond donors (Lipinski definition) is 0. The van der Waals surface area contributed by atoms with Gasteiger partial charge in [0.05, 0.1) is 0 Å². The molecule has 1 aliphatic carbocycles. The van der Waals surface area contributed by atoms with Crippen LogP contribution in [0, 0.1) is 18.7 Å². The lowest BCUT2D eigenvalue weighted by atomic mass is 9.94. The van der Waals surface area contributed by atoms with Crippen molar-refractivity contribution >= 4 is 0 Å². The van der Waals surface area contributed by atoms with Gasteiger partial charge in [0.1, 0.15) is 5.82 Å². The summed E-state index contributed by atoms with van der Waals surface area (Å²) in [7, 11) is 2.15. The number of fused-ring (bicyclic) bond motifs is 1. The van der Waals surface area contributed by atoms with Crippen LogP contribution in [-0.4, -0.2) is 25.0 Å². The average molecular weight is 205 g/mol.